The van der Waals surface area contributed by atoms with Crippen molar-refractivity contribution < 1.29 is 18.4 Å². The molecule has 6 heteroatoms. The van der Waals surface area contributed by atoms with Crippen LogP contribution in [0.3, 0.4) is 0 Å². The minimum atomic E-state index is -0.732. The summed E-state index contributed by atoms with van der Waals surface area (Å²) in [4.78, 5) is 28.1. The molecule has 3 aromatic carbocycles. The first-order valence-electron chi connectivity index (χ1n) is 12.1. The lowest BCUT2D eigenvalue weighted by molar-refractivity contribution is -0.136. The molecule has 1 saturated heterocycles. The molecule has 1 fully saturated rings. The third-order valence-corrected chi connectivity index (χ3v) is 6.91. The molecule has 0 aliphatic carbocycles. The molecule has 2 amide bonds. The van der Waals surface area contributed by atoms with Gasteiger partial charge in [0.1, 0.15) is 11.6 Å². The van der Waals surface area contributed by atoms with E-state index in [1.807, 2.05) is 35.2 Å². The van der Waals surface area contributed by atoms with Gasteiger partial charge in [0.05, 0.1) is 5.41 Å². The molecule has 0 atom stereocenters. The molecule has 35 heavy (non-hydrogen) atoms. The predicted octanol–water partition coefficient (Wildman–Crippen LogP) is 4.82. The van der Waals surface area contributed by atoms with Gasteiger partial charge in [-0.3, -0.25) is 9.59 Å². The highest BCUT2D eigenvalue weighted by molar-refractivity contribution is 5.89. The molecular weight excluding hydrogens is 446 g/mol. The molecule has 1 heterocycles. The number of amides is 2. The number of likely N-dealkylation sites (tertiary alicyclic amines) is 1. The molecule has 1 aliphatic heterocycles. The Balaban J connectivity index is 1.38. The van der Waals surface area contributed by atoms with Crippen molar-refractivity contribution in [2.75, 3.05) is 19.6 Å². The zero-order chi connectivity index (χ0) is 24.7. The van der Waals surface area contributed by atoms with Crippen molar-refractivity contribution in [3.05, 3.63) is 107 Å². The van der Waals surface area contributed by atoms with Crippen LogP contribution in [-0.4, -0.2) is 36.3 Å². The van der Waals surface area contributed by atoms with Gasteiger partial charge < -0.3 is 10.2 Å². The summed E-state index contributed by atoms with van der Waals surface area (Å²) in [5.74, 6) is -0.609. The summed E-state index contributed by atoms with van der Waals surface area (Å²) < 4.78 is 27.1. The standard InChI is InChI=1S/C29H30F2N2O2/c30-25-13-10-22(11-14-25)12-15-27(34)33-20-17-29(18-21-33,24-7-2-1-3-8-24)28(35)32-19-16-23-6-4-5-9-26(23)31/h1-11,13-14H,12,15-21H2,(H,32,35). The van der Waals surface area contributed by atoms with Gasteiger partial charge in [0.2, 0.25) is 11.8 Å². The first-order chi connectivity index (χ1) is 17.0. The molecule has 1 N–H and O–H groups in total. The van der Waals surface area contributed by atoms with Crippen molar-refractivity contribution in [3.63, 3.8) is 0 Å². The molecule has 0 saturated carbocycles. The summed E-state index contributed by atoms with van der Waals surface area (Å²) in [6.45, 7) is 1.31. The number of nitrogens with one attached hydrogen (secondary N) is 1. The lowest BCUT2D eigenvalue weighted by Crippen LogP contribution is -2.53. The second-order valence-corrected chi connectivity index (χ2v) is 9.05. The zero-order valence-corrected chi connectivity index (χ0v) is 19.7. The molecule has 0 aromatic heterocycles. The number of rotatable bonds is 8. The van der Waals surface area contributed by atoms with Crippen LogP contribution in [0.25, 0.3) is 0 Å². The SMILES string of the molecule is O=C(CCc1ccc(F)cc1)N1CCC(C(=O)NCCc2ccccc2F)(c2ccccc2)CC1. The van der Waals surface area contributed by atoms with Crippen molar-refractivity contribution in [3.8, 4) is 0 Å². The maximum absolute atomic E-state index is 13.9. The highest BCUT2D eigenvalue weighted by atomic mass is 19.1. The fourth-order valence-electron chi connectivity index (χ4n) is 4.78. The number of benzene rings is 3. The Bertz CT molecular complexity index is 1140. The monoisotopic (exact) mass is 476 g/mol. The summed E-state index contributed by atoms with van der Waals surface area (Å²) in [6, 6.07) is 22.5. The Morgan fingerprint density at radius 3 is 2.17 bits per heavy atom. The summed E-state index contributed by atoms with van der Waals surface area (Å²) in [5, 5.41) is 3.02. The Hall–Kier alpha value is -3.54. The van der Waals surface area contributed by atoms with Crippen LogP contribution >= 0.6 is 0 Å². The minimum absolute atomic E-state index is 0.0379. The lowest BCUT2D eigenvalue weighted by atomic mass is 9.72. The Labute approximate surface area is 205 Å². The number of carbonyl (C=O) groups is 2. The summed E-state index contributed by atoms with van der Waals surface area (Å²) in [7, 11) is 0. The van der Waals surface area contributed by atoms with E-state index in [-0.39, 0.29) is 23.4 Å². The highest BCUT2D eigenvalue weighted by Crippen LogP contribution is 2.36. The van der Waals surface area contributed by atoms with E-state index in [0.717, 1.165) is 11.1 Å². The number of piperidine rings is 1. The van der Waals surface area contributed by atoms with E-state index in [2.05, 4.69) is 5.32 Å². The van der Waals surface area contributed by atoms with Gasteiger partial charge in [-0.1, -0.05) is 60.7 Å². The van der Waals surface area contributed by atoms with E-state index >= 15 is 0 Å². The second kappa shape index (κ2) is 11.3. The normalized spacial score (nSPS) is 15.0. The molecule has 1 aliphatic rings. The smallest absolute Gasteiger partial charge is 0.230 e. The van der Waals surface area contributed by atoms with E-state index in [9.17, 15) is 18.4 Å². The van der Waals surface area contributed by atoms with Gasteiger partial charge in [-0.25, -0.2) is 8.78 Å². The van der Waals surface area contributed by atoms with Crippen LogP contribution in [0.4, 0.5) is 8.78 Å². The first-order valence-corrected chi connectivity index (χ1v) is 12.1. The number of hydrogen-bond donors (Lipinski definition) is 1. The van der Waals surface area contributed by atoms with Crippen molar-refractivity contribution in [1.82, 2.24) is 10.2 Å². The van der Waals surface area contributed by atoms with Crippen LogP contribution in [0.5, 0.6) is 0 Å². The number of hydrogen-bond acceptors (Lipinski definition) is 2. The van der Waals surface area contributed by atoms with Crippen molar-refractivity contribution in [2.24, 2.45) is 0 Å². The van der Waals surface area contributed by atoms with Crippen LogP contribution in [0, 0.1) is 11.6 Å². The van der Waals surface area contributed by atoms with E-state index in [1.165, 1.54) is 18.2 Å². The van der Waals surface area contributed by atoms with Gasteiger partial charge in [-0.05, 0) is 60.6 Å². The Kier molecular flexibility index (Phi) is 7.91. The zero-order valence-electron chi connectivity index (χ0n) is 19.7. The highest BCUT2D eigenvalue weighted by Gasteiger charge is 2.43. The lowest BCUT2D eigenvalue weighted by Gasteiger charge is -2.41. The van der Waals surface area contributed by atoms with Crippen LogP contribution in [-0.2, 0) is 27.8 Å². The van der Waals surface area contributed by atoms with Gasteiger partial charge in [0.15, 0.2) is 0 Å². The van der Waals surface area contributed by atoms with Gasteiger partial charge in [0.25, 0.3) is 0 Å². The topological polar surface area (TPSA) is 49.4 Å². The van der Waals surface area contributed by atoms with Crippen molar-refractivity contribution in [2.45, 2.75) is 37.5 Å². The predicted molar refractivity (Wildman–Crippen MR) is 132 cm³/mol. The minimum Gasteiger partial charge on any atom is -0.355 e. The molecule has 0 spiro atoms. The average molecular weight is 477 g/mol. The van der Waals surface area contributed by atoms with Crippen LogP contribution in [0.2, 0.25) is 0 Å². The molecule has 182 valence electrons. The number of nitrogens with zero attached hydrogens (tertiary/aromatic N) is 1. The summed E-state index contributed by atoms with van der Waals surface area (Å²) >= 11 is 0. The van der Waals surface area contributed by atoms with Gasteiger partial charge in [-0.15, -0.1) is 0 Å². The van der Waals surface area contributed by atoms with Gasteiger partial charge in [0, 0.05) is 26.1 Å². The van der Waals surface area contributed by atoms with E-state index < -0.39 is 5.41 Å². The Morgan fingerprint density at radius 2 is 1.49 bits per heavy atom. The van der Waals surface area contributed by atoms with E-state index in [1.54, 1.807) is 30.3 Å². The van der Waals surface area contributed by atoms with Gasteiger partial charge >= 0.3 is 0 Å². The van der Waals surface area contributed by atoms with Crippen molar-refractivity contribution in [1.29, 1.82) is 0 Å². The van der Waals surface area contributed by atoms with Crippen LogP contribution < -0.4 is 5.32 Å². The van der Waals surface area contributed by atoms with Crippen LogP contribution in [0.1, 0.15) is 36.0 Å². The van der Waals surface area contributed by atoms with Crippen molar-refractivity contribution >= 4 is 11.8 Å². The maximum Gasteiger partial charge on any atom is 0.230 e. The molecule has 0 unspecified atom stereocenters. The molecule has 0 radical (unpaired) electrons. The largest absolute Gasteiger partial charge is 0.355 e. The first kappa shape index (κ1) is 24.6. The summed E-state index contributed by atoms with van der Waals surface area (Å²) in [6.07, 6.45) is 2.35. The molecule has 0 bridgehead atoms. The quantitative estimate of drug-likeness (QED) is 0.507. The third-order valence-electron chi connectivity index (χ3n) is 6.91. The van der Waals surface area contributed by atoms with Gasteiger partial charge in [-0.2, -0.15) is 0 Å². The average Bonchev–Trinajstić information content (AvgIpc) is 2.89. The third kappa shape index (κ3) is 5.94. The molecule has 4 nitrogen and oxygen atoms in total. The maximum atomic E-state index is 13.9. The fraction of sp³-hybridized carbons (Fsp3) is 0.310. The Morgan fingerprint density at radius 1 is 0.829 bits per heavy atom. The second-order valence-electron chi connectivity index (χ2n) is 9.05. The molecule has 3 aromatic rings. The number of halogens is 2. The number of carbonyl (C=O) groups excluding carboxylic acids is 2. The molecule has 4 rings (SSSR count). The fourth-order valence-corrected chi connectivity index (χ4v) is 4.78. The van der Waals surface area contributed by atoms with E-state index in [4.69, 9.17) is 0 Å². The molecular formula is C29H30F2N2O2. The summed E-state index contributed by atoms with van der Waals surface area (Å²) in [5.41, 5.74) is 1.69. The van der Waals surface area contributed by atoms with Crippen LogP contribution in [0.15, 0.2) is 78.9 Å². The van der Waals surface area contributed by atoms with E-state index in [0.29, 0.717) is 57.3 Å². The number of aryl methyl sites for hydroxylation is 1.